The molecule has 21 heavy (non-hydrogen) atoms. The molecule has 1 saturated heterocycles. The molecule has 1 aliphatic carbocycles. The van der Waals surface area contributed by atoms with E-state index < -0.39 is 0 Å². The van der Waals surface area contributed by atoms with Crippen molar-refractivity contribution in [2.24, 2.45) is 0 Å². The van der Waals surface area contributed by atoms with Crippen LogP contribution in [0.15, 0.2) is 28.7 Å². The third kappa shape index (κ3) is 4.47. The zero-order chi connectivity index (χ0) is 14.7. The van der Waals surface area contributed by atoms with Gasteiger partial charge in [-0.15, -0.1) is 0 Å². The van der Waals surface area contributed by atoms with Gasteiger partial charge in [-0.3, -0.25) is 4.79 Å². The quantitative estimate of drug-likeness (QED) is 0.866. The van der Waals surface area contributed by atoms with E-state index in [0.717, 1.165) is 41.9 Å². The summed E-state index contributed by atoms with van der Waals surface area (Å²) in [5.41, 5.74) is 1.20. The molecule has 1 unspecified atom stereocenters. The van der Waals surface area contributed by atoms with E-state index >= 15 is 0 Å². The highest BCUT2D eigenvalue weighted by molar-refractivity contribution is 9.10. The summed E-state index contributed by atoms with van der Waals surface area (Å²) in [7, 11) is 0. The van der Waals surface area contributed by atoms with Crippen LogP contribution in [-0.4, -0.2) is 40.9 Å². The summed E-state index contributed by atoms with van der Waals surface area (Å²) >= 11 is 5.45. The first-order chi connectivity index (χ1) is 10.2. The highest BCUT2D eigenvalue weighted by Crippen LogP contribution is 2.30. The van der Waals surface area contributed by atoms with E-state index in [-0.39, 0.29) is 0 Å². The van der Waals surface area contributed by atoms with Crippen molar-refractivity contribution in [1.82, 2.24) is 10.2 Å². The van der Waals surface area contributed by atoms with Crippen LogP contribution in [0.1, 0.15) is 24.8 Å². The van der Waals surface area contributed by atoms with Crippen LogP contribution in [-0.2, 0) is 11.3 Å². The molecule has 1 aromatic carbocycles. The maximum Gasteiger partial charge on any atom is 0.224 e. The van der Waals surface area contributed by atoms with Gasteiger partial charge in [-0.2, -0.15) is 11.8 Å². The number of thioether (sulfide) groups is 1. The lowest BCUT2D eigenvalue weighted by molar-refractivity contribution is -0.132. The number of hydrogen-bond acceptors (Lipinski definition) is 3. The van der Waals surface area contributed by atoms with E-state index in [2.05, 4.69) is 38.3 Å². The number of benzene rings is 1. The van der Waals surface area contributed by atoms with E-state index in [4.69, 9.17) is 0 Å². The Kier molecular flexibility index (Phi) is 5.24. The molecule has 0 spiro atoms. The van der Waals surface area contributed by atoms with E-state index in [9.17, 15) is 4.79 Å². The third-order valence-electron chi connectivity index (χ3n) is 3.97. The number of carbonyl (C=O) groups excluding carboxylic acids is 1. The van der Waals surface area contributed by atoms with Crippen LogP contribution in [0.25, 0.3) is 0 Å². The molecule has 1 amide bonds. The second-order valence-corrected chi connectivity index (χ2v) is 7.88. The van der Waals surface area contributed by atoms with Crippen molar-refractivity contribution in [2.75, 3.05) is 18.1 Å². The fourth-order valence-corrected chi connectivity index (χ4v) is 4.11. The van der Waals surface area contributed by atoms with Crippen molar-refractivity contribution in [3.63, 3.8) is 0 Å². The number of nitrogens with zero attached hydrogens (tertiary/aromatic N) is 1. The Bertz CT molecular complexity index is 501. The predicted octanol–water partition coefficient (Wildman–Crippen LogP) is 3.04. The summed E-state index contributed by atoms with van der Waals surface area (Å²) in [5, 5.41) is 3.46. The molecule has 0 bridgehead atoms. The molecule has 1 aliphatic heterocycles. The Morgan fingerprint density at radius 1 is 1.43 bits per heavy atom. The lowest BCUT2D eigenvalue weighted by Gasteiger charge is -2.27. The van der Waals surface area contributed by atoms with Crippen molar-refractivity contribution in [2.45, 2.75) is 37.9 Å². The number of hydrogen-bond donors (Lipinski definition) is 1. The van der Waals surface area contributed by atoms with Crippen molar-refractivity contribution in [3.8, 4) is 0 Å². The van der Waals surface area contributed by atoms with Gasteiger partial charge in [0.15, 0.2) is 0 Å². The zero-order valence-corrected chi connectivity index (χ0v) is 14.5. The Hall–Kier alpha value is -0.520. The van der Waals surface area contributed by atoms with Gasteiger partial charge in [0, 0.05) is 47.6 Å². The Morgan fingerprint density at radius 2 is 2.29 bits per heavy atom. The van der Waals surface area contributed by atoms with Crippen LogP contribution < -0.4 is 5.32 Å². The van der Waals surface area contributed by atoms with Gasteiger partial charge >= 0.3 is 0 Å². The molecule has 114 valence electrons. The monoisotopic (exact) mass is 368 g/mol. The van der Waals surface area contributed by atoms with Crippen molar-refractivity contribution >= 4 is 33.6 Å². The SMILES string of the molecule is O=C(CC1CSCCN1)N(Cc1cccc(Br)c1)C1CC1. The van der Waals surface area contributed by atoms with E-state index in [0.29, 0.717) is 24.4 Å². The lowest BCUT2D eigenvalue weighted by atomic mass is 10.1. The molecule has 1 N–H and O–H groups in total. The number of carbonyl (C=O) groups is 1. The molecule has 1 heterocycles. The van der Waals surface area contributed by atoms with Gasteiger partial charge in [0.05, 0.1) is 0 Å². The molecular formula is C16H21BrN2OS. The van der Waals surface area contributed by atoms with Crippen molar-refractivity contribution in [3.05, 3.63) is 34.3 Å². The predicted molar refractivity (Wildman–Crippen MR) is 91.4 cm³/mol. The van der Waals surface area contributed by atoms with Gasteiger partial charge in [0.2, 0.25) is 5.91 Å². The van der Waals surface area contributed by atoms with Crippen LogP contribution in [0.4, 0.5) is 0 Å². The van der Waals surface area contributed by atoms with E-state index in [1.54, 1.807) is 0 Å². The Balaban J connectivity index is 1.62. The molecule has 2 aliphatic rings. The first-order valence-electron chi connectivity index (χ1n) is 7.57. The highest BCUT2D eigenvalue weighted by Gasteiger charge is 2.33. The van der Waals surface area contributed by atoms with Gasteiger partial charge < -0.3 is 10.2 Å². The van der Waals surface area contributed by atoms with Gasteiger partial charge in [0.1, 0.15) is 0 Å². The molecule has 2 fully saturated rings. The average Bonchev–Trinajstić information content (AvgIpc) is 3.30. The van der Waals surface area contributed by atoms with Crippen molar-refractivity contribution < 1.29 is 4.79 Å². The van der Waals surface area contributed by atoms with Gasteiger partial charge in [-0.05, 0) is 30.5 Å². The largest absolute Gasteiger partial charge is 0.335 e. The minimum Gasteiger partial charge on any atom is -0.335 e. The minimum absolute atomic E-state index is 0.303. The Labute approximate surface area is 139 Å². The van der Waals surface area contributed by atoms with Crippen LogP contribution in [0, 0.1) is 0 Å². The topological polar surface area (TPSA) is 32.3 Å². The molecule has 1 atom stereocenters. The number of amides is 1. The average molecular weight is 369 g/mol. The van der Waals surface area contributed by atoms with Crippen LogP contribution >= 0.6 is 27.7 Å². The molecule has 1 aromatic rings. The summed E-state index contributed by atoms with van der Waals surface area (Å²) in [6, 6.07) is 9.08. The summed E-state index contributed by atoms with van der Waals surface area (Å²) in [6.45, 7) is 1.76. The summed E-state index contributed by atoms with van der Waals surface area (Å²) in [4.78, 5) is 14.7. The second-order valence-electron chi connectivity index (χ2n) is 5.81. The first kappa shape index (κ1) is 15.4. The zero-order valence-electron chi connectivity index (χ0n) is 12.1. The molecule has 1 saturated carbocycles. The number of halogens is 1. The number of rotatable bonds is 5. The van der Waals surface area contributed by atoms with Gasteiger partial charge in [0.25, 0.3) is 0 Å². The third-order valence-corrected chi connectivity index (χ3v) is 5.59. The molecular weight excluding hydrogens is 348 g/mol. The first-order valence-corrected chi connectivity index (χ1v) is 9.52. The maximum absolute atomic E-state index is 12.6. The fourth-order valence-electron chi connectivity index (χ4n) is 2.72. The molecule has 3 nitrogen and oxygen atoms in total. The minimum atomic E-state index is 0.303. The normalized spacial score (nSPS) is 22.0. The molecule has 3 rings (SSSR count). The smallest absolute Gasteiger partial charge is 0.224 e. The van der Waals surface area contributed by atoms with Gasteiger partial charge in [-0.25, -0.2) is 0 Å². The molecule has 0 aromatic heterocycles. The summed E-state index contributed by atoms with van der Waals surface area (Å²) in [6.07, 6.45) is 2.96. The standard InChI is InChI=1S/C16H21BrN2OS/c17-13-3-1-2-12(8-13)10-19(15-4-5-15)16(20)9-14-11-21-7-6-18-14/h1-3,8,14-15,18H,4-7,9-11H2. The maximum atomic E-state index is 12.6. The Morgan fingerprint density at radius 3 is 2.95 bits per heavy atom. The molecule has 5 heteroatoms. The second kappa shape index (κ2) is 7.16. The fraction of sp³-hybridized carbons (Fsp3) is 0.562. The summed E-state index contributed by atoms with van der Waals surface area (Å²) in [5.74, 6) is 2.52. The van der Waals surface area contributed by atoms with Crippen LogP contribution in [0.5, 0.6) is 0 Å². The van der Waals surface area contributed by atoms with E-state index in [1.165, 1.54) is 5.56 Å². The van der Waals surface area contributed by atoms with Crippen LogP contribution in [0.3, 0.4) is 0 Å². The van der Waals surface area contributed by atoms with Gasteiger partial charge in [-0.1, -0.05) is 28.1 Å². The lowest BCUT2D eigenvalue weighted by Crippen LogP contribution is -2.43. The summed E-state index contributed by atoms with van der Waals surface area (Å²) < 4.78 is 1.08. The van der Waals surface area contributed by atoms with Crippen LogP contribution in [0.2, 0.25) is 0 Å². The van der Waals surface area contributed by atoms with Crippen molar-refractivity contribution in [1.29, 1.82) is 0 Å². The number of nitrogens with one attached hydrogen (secondary N) is 1. The highest BCUT2D eigenvalue weighted by atomic mass is 79.9. The molecule has 0 radical (unpaired) electrons. The van der Waals surface area contributed by atoms with E-state index in [1.807, 2.05) is 23.9 Å².